The van der Waals surface area contributed by atoms with Crippen LogP contribution in [0, 0.1) is 28.6 Å². The monoisotopic (exact) mass is 346 g/mol. The van der Waals surface area contributed by atoms with Crippen molar-refractivity contribution >= 4 is 11.6 Å². The smallest absolute Gasteiger partial charge is 0.187 e. The van der Waals surface area contributed by atoms with Gasteiger partial charge in [0.25, 0.3) is 0 Å². The van der Waals surface area contributed by atoms with Crippen LogP contribution in [0.25, 0.3) is 0 Å². The highest BCUT2D eigenvalue weighted by Crippen LogP contribution is 2.63. The second-order valence-electron chi connectivity index (χ2n) is 8.64. The number of fused-ring (bicyclic) bond motifs is 5. The predicted octanol–water partition coefficient (Wildman–Crippen LogP) is 1.43. The molecule has 1 aliphatic heterocycles. The van der Waals surface area contributed by atoms with Gasteiger partial charge in [0.05, 0.1) is 12.7 Å². The maximum Gasteiger partial charge on any atom is 0.187 e. The molecule has 0 aromatic carbocycles. The predicted molar refractivity (Wildman–Crippen MR) is 90.6 cm³/mol. The molecule has 3 aliphatic carbocycles. The molecule has 0 amide bonds. The van der Waals surface area contributed by atoms with Crippen LogP contribution >= 0.6 is 0 Å². The van der Waals surface area contributed by atoms with Crippen molar-refractivity contribution in [2.75, 3.05) is 13.2 Å². The molecule has 7 atom stereocenters. The van der Waals surface area contributed by atoms with Gasteiger partial charge in [0.2, 0.25) is 0 Å². The fourth-order valence-electron chi connectivity index (χ4n) is 6.25. The molecule has 6 unspecified atom stereocenters. The number of allylic oxidation sites excluding steroid dienone is 4. The van der Waals surface area contributed by atoms with Crippen LogP contribution in [0.3, 0.4) is 0 Å². The summed E-state index contributed by atoms with van der Waals surface area (Å²) in [7, 11) is 0. The van der Waals surface area contributed by atoms with Crippen LogP contribution in [0.2, 0.25) is 0 Å². The maximum absolute atomic E-state index is 12.2. The van der Waals surface area contributed by atoms with Crippen LogP contribution in [-0.2, 0) is 14.3 Å². The Labute approximate surface area is 147 Å². The molecule has 2 N–H and O–H groups in total. The third-order valence-electron chi connectivity index (χ3n) is 7.42. The van der Waals surface area contributed by atoms with Gasteiger partial charge in [-0.25, -0.2) is 0 Å². The standard InChI is InChI=1S/C20H26O5/c1-19-6-5-12(22)7-11(19)3-4-13-14-10-25-18(16(24)9-21)20(14,2)8-15(23)17(13)19/h5-7,13-15,17-18,21,23H,3-4,8-10H2,1-2H3/t13?,14?,15?,17?,18?,19?,20-/m0/s1. The molecule has 5 nitrogen and oxygen atoms in total. The van der Waals surface area contributed by atoms with E-state index in [0.29, 0.717) is 13.0 Å². The van der Waals surface area contributed by atoms with E-state index in [9.17, 15) is 19.8 Å². The van der Waals surface area contributed by atoms with Gasteiger partial charge in [-0.3, -0.25) is 9.59 Å². The largest absolute Gasteiger partial charge is 0.393 e. The molecule has 136 valence electrons. The molecule has 25 heavy (non-hydrogen) atoms. The zero-order valence-corrected chi connectivity index (χ0v) is 14.8. The summed E-state index contributed by atoms with van der Waals surface area (Å²) in [6, 6.07) is 0. The number of ether oxygens (including phenoxy) is 1. The lowest BCUT2D eigenvalue weighted by Crippen LogP contribution is -2.57. The molecule has 4 aliphatic rings. The number of hydrogen-bond donors (Lipinski definition) is 2. The van der Waals surface area contributed by atoms with Crippen LogP contribution in [0.1, 0.15) is 33.1 Å². The van der Waals surface area contributed by atoms with Crippen molar-refractivity contribution in [2.24, 2.45) is 28.6 Å². The van der Waals surface area contributed by atoms with Crippen LogP contribution in [0.15, 0.2) is 23.8 Å². The van der Waals surface area contributed by atoms with E-state index in [2.05, 4.69) is 6.92 Å². The molecule has 1 heterocycles. The van der Waals surface area contributed by atoms with E-state index in [0.717, 1.165) is 18.4 Å². The van der Waals surface area contributed by atoms with Gasteiger partial charge in [-0.05, 0) is 43.3 Å². The third-order valence-corrected chi connectivity index (χ3v) is 7.42. The van der Waals surface area contributed by atoms with E-state index in [1.807, 2.05) is 13.0 Å². The van der Waals surface area contributed by atoms with Gasteiger partial charge in [-0.15, -0.1) is 0 Å². The Morgan fingerprint density at radius 3 is 2.88 bits per heavy atom. The molecule has 3 fully saturated rings. The Bertz CT molecular complexity index is 680. The van der Waals surface area contributed by atoms with Gasteiger partial charge in [0, 0.05) is 16.7 Å². The average Bonchev–Trinajstić information content (AvgIpc) is 2.91. The number of ketones is 2. The summed E-state index contributed by atoms with van der Waals surface area (Å²) in [4.78, 5) is 23.9. The summed E-state index contributed by atoms with van der Waals surface area (Å²) in [5.41, 5.74) is 0.369. The van der Waals surface area contributed by atoms with E-state index in [1.165, 1.54) is 0 Å². The minimum absolute atomic E-state index is 0.0267. The Morgan fingerprint density at radius 1 is 1.40 bits per heavy atom. The topological polar surface area (TPSA) is 83.8 Å². The van der Waals surface area contributed by atoms with E-state index < -0.39 is 24.2 Å². The molecule has 4 rings (SSSR count). The summed E-state index contributed by atoms with van der Waals surface area (Å²) in [5, 5.41) is 20.4. The van der Waals surface area contributed by atoms with Crippen LogP contribution in [0.4, 0.5) is 0 Å². The third kappa shape index (κ3) is 2.25. The van der Waals surface area contributed by atoms with Gasteiger partial charge in [0.1, 0.15) is 12.7 Å². The molecule has 0 spiro atoms. The fourth-order valence-corrected chi connectivity index (χ4v) is 6.25. The molecular formula is C20H26O5. The van der Waals surface area contributed by atoms with E-state index in [1.54, 1.807) is 12.2 Å². The van der Waals surface area contributed by atoms with Gasteiger partial charge in [0.15, 0.2) is 11.6 Å². The summed E-state index contributed by atoms with van der Waals surface area (Å²) < 4.78 is 5.83. The number of hydrogen-bond acceptors (Lipinski definition) is 5. The average molecular weight is 346 g/mol. The zero-order chi connectivity index (χ0) is 18.0. The first-order chi connectivity index (χ1) is 11.8. The quantitative estimate of drug-likeness (QED) is 0.790. The van der Waals surface area contributed by atoms with Gasteiger partial charge in [-0.1, -0.05) is 25.5 Å². The minimum Gasteiger partial charge on any atom is -0.393 e. The summed E-state index contributed by atoms with van der Waals surface area (Å²) in [5.74, 6) is 0.192. The maximum atomic E-state index is 12.2. The lowest BCUT2D eigenvalue weighted by Gasteiger charge is -2.57. The number of Topliss-reactive ketones (excluding diaryl/α,β-unsaturated/α-hetero) is 1. The SMILES string of the molecule is CC12C=CC(=O)C=C1CCC1C2C(O)C[C@]2(C)C(C(=O)CO)OCC12. The zero-order valence-electron chi connectivity index (χ0n) is 14.8. The highest BCUT2D eigenvalue weighted by Gasteiger charge is 2.63. The normalized spacial score (nSPS) is 48.4. The molecule has 5 heteroatoms. The summed E-state index contributed by atoms with van der Waals surface area (Å²) >= 11 is 0. The molecular weight excluding hydrogens is 320 g/mol. The van der Waals surface area contributed by atoms with Gasteiger partial charge in [-0.2, -0.15) is 0 Å². The first-order valence-electron chi connectivity index (χ1n) is 9.19. The number of aliphatic hydroxyl groups is 2. The van der Waals surface area contributed by atoms with Crippen molar-refractivity contribution in [3.63, 3.8) is 0 Å². The molecule has 0 aromatic heterocycles. The second-order valence-corrected chi connectivity index (χ2v) is 8.64. The number of carbonyl (C=O) groups excluding carboxylic acids is 2. The molecule has 1 saturated heterocycles. The van der Waals surface area contributed by atoms with Crippen molar-refractivity contribution in [3.8, 4) is 0 Å². The van der Waals surface area contributed by atoms with Crippen molar-refractivity contribution in [3.05, 3.63) is 23.8 Å². The van der Waals surface area contributed by atoms with Crippen LogP contribution in [0.5, 0.6) is 0 Å². The number of aliphatic hydroxyl groups excluding tert-OH is 2. The van der Waals surface area contributed by atoms with Crippen molar-refractivity contribution in [2.45, 2.75) is 45.3 Å². The van der Waals surface area contributed by atoms with Crippen molar-refractivity contribution < 1.29 is 24.5 Å². The van der Waals surface area contributed by atoms with E-state index in [4.69, 9.17) is 4.74 Å². The first kappa shape index (κ1) is 17.1. The van der Waals surface area contributed by atoms with E-state index in [-0.39, 0.29) is 34.7 Å². The van der Waals surface area contributed by atoms with Crippen molar-refractivity contribution in [1.29, 1.82) is 0 Å². The Morgan fingerprint density at radius 2 is 2.16 bits per heavy atom. The van der Waals surface area contributed by atoms with Gasteiger partial charge < -0.3 is 14.9 Å². The fraction of sp³-hybridized carbons (Fsp3) is 0.700. The molecule has 0 radical (unpaired) electrons. The highest BCUT2D eigenvalue weighted by atomic mass is 16.5. The van der Waals surface area contributed by atoms with E-state index >= 15 is 0 Å². The lowest BCUT2D eigenvalue weighted by atomic mass is 9.47. The second kappa shape index (κ2) is 5.60. The first-order valence-corrected chi connectivity index (χ1v) is 9.19. The van der Waals surface area contributed by atoms with Gasteiger partial charge >= 0.3 is 0 Å². The lowest BCUT2D eigenvalue weighted by molar-refractivity contribution is -0.142. The molecule has 0 aromatic rings. The Kier molecular flexibility index (Phi) is 3.84. The number of carbonyl (C=O) groups is 2. The summed E-state index contributed by atoms with van der Waals surface area (Å²) in [6.07, 6.45) is 6.36. The summed E-state index contributed by atoms with van der Waals surface area (Å²) in [6.45, 7) is 4.12. The number of rotatable bonds is 2. The Balaban J connectivity index is 1.71. The highest BCUT2D eigenvalue weighted by molar-refractivity contribution is 6.01. The van der Waals surface area contributed by atoms with Crippen LogP contribution < -0.4 is 0 Å². The Hall–Kier alpha value is -1.30. The molecule has 2 saturated carbocycles. The molecule has 0 bridgehead atoms. The van der Waals surface area contributed by atoms with Crippen molar-refractivity contribution in [1.82, 2.24) is 0 Å². The minimum atomic E-state index is -0.633. The van der Waals surface area contributed by atoms with Crippen LogP contribution in [-0.4, -0.2) is 47.2 Å².